The highest BCUT2D eigenvalue weighted by Crippen LogP contribution is 2.39. The molecule has 1 aliphatic heterocycles. The van der Waals surface area contributed by atoms with E-state index in [0.717, 1.165) is 32.2 Å². The Morgan fingerprint density at radius 2 is 1.89 bits per heavy atom. The monoisotopic (exact) mass is 253 g/mol. The van der Waals surface area contributed by atoms with Gasteiger partial charge in [0, 0.05) is 25.6 Å². The first-order valence-electron chi connectivity index (χ1n) is 7.40. The predicted molar refractivity (Wildman–Crippen MR) is 73.0 cm³/mol. The van der Waals surface area contributed by atoms with Crippen LogP contribution in [0.2, 0.25) is 0 Å². The molecule has 1 amide bonds. The fourth-order valence-electron chi connectivity index (χ4n) is 3.59. The van der Waals surface area contributed by atoms with Crippen molar-refractivity contribution in [1.29, 1.82) is 0 Å². The maximum Gasteiger partial charge on any atom is 0.223 e. The van der Waals surface area contributed by atoms with E-state index < -0.39 is 0 Å². The molecule has 0 radical (unpaired) electrons. The second-order valence-electron chi connectivity index (χ2n) is 6.06. The van der Waals surface area contributed by atoms with Crippen LogP contribution in [0.1, 0.15) is 51.4 Å². The minimum Gasteiger partial charge on any atom is -0.338 e. The molecule has 0 spiro atoms. The van der Waals surface area contributed by atoms with Gasteiger partial charge in [0.2, 0.25) is 5.91 Å². The number of rotatable bonds is 4. The third-order valence-corrected chi connectivity index (χ3v) is 4.84. The maximum absolute atomic E-state index is 12.5. The molecule has 2 rings (SSSR count). The molecule has 4 nitrogen and oxygen atoms in total. The van der Waals surface area contributed by atoms with Crippen molar-refractivity contribution < 1.29 is 4.79 Å². The van der Waals surface area contributed by atoms with Crippen LogP contribution in [-0.2, 0) is 4.79 Å². The highest BCUT2D eigenvalue weighted by Gasteiger charge is 2.36. The zero-order valence-electron chi connectivity index (χ0n) is 11.4. The van der Waals surface area contributed by atoms with Crippen molar-refractivity contribution in [1.82, 2.24) is 4.90 Å². The van der Waals surface area contributed by atoms with E-state index in [1.165, 1.54) is 19.3 Å². The summed E-state index contributed by atoms with van der Waals surface area (Å²) in [5.74, 6) is 0.287. The number of carbonyl (C=O) groups excluding carboxylic acids is 1. The molecule has 1 saturated heterocycles. The Bertz CT molecular complexity index is 287. The molecule has 0 aromatic carbocycles. The van der Waals surface area contributed by atoms with E-state index in [9.17, 15) is 4.79 Å². The van der Waals surface area contributed by atoms with Crippen LogP contribution in [0.4, 0.5) is 0 Å². The standard InChI is InChI=1S/C14H27N3O/c15-10-12-5-4-8-17(12)13(18)9-14(11-16)6-2-1-3-7-14/h12H,1-11,15-16H2. The van der Waals surface area contributed by atoms with Crippen molar-refractivity contribution in [2.45, 2.75) is 57.4 Å². The summed E-state index contributed by atoms with van der Waals surface area (Å²) in [7, 11) is 0. The van der Waals surface area contributed by atoms with E-state index in [4.69, 9.17) is 11.5 Å². The molecule has 1 aliphatic carbocycles. The summed E-state index contributed by atoms with van der Waals surface area (Å²) in [4.78, 5) is 14.5. The molecule has 0 aromatic rings. The van der Waals surface area contributed by atoms with Crippen LogP contribution in [0.25, 0.3) is 0 Å². The lowest BCUT2D eigenvalue weighted by molar-refractivity contribution is -0.134. The van der Waals surface area contributed by atoms with E-state index in [0.29, 0.717) is 19.5 Å². The van der Waals surface area contributed by atoms with Crippen LogP contribution >= 0.6 is 0 Å². The van der Waals surface area contributed by atoms with Crippen molar-refractivity contribution in [3.05, 3.63) is 0 Å². The Kier molecular flexibility index (Phi) is 4.62. The molecule has 1 atom stereocenters. The van der Waals surface area contributed by atoms with Gasteiger partial charge in [-0.05, 0) is 37.6 Å². The number of hydrogen-bond acceptors (Lipinski definition) is 3. The predicted octanol–water partition coefficient (Wildman–Crippen LogP) is 1.24. The topological polar surface area (TPSA) is 72.3 Å². The van der Waals surface area contributed by atoms with Crippen LogP contribution in [0.5, 0.6) is 0 Å². The summed E-state index contributed by atoms with van der Waals surface area (Å²) in [6, 6.07) is 0.274. The van der Waals surface area contributed by atoms with Crippen molar-refractivity contribution in [2.24, 2.45) is 16.9 Å². The summed E-state index contributed by atoms with van der Waals surface area (Å²) < 4.78 is 0. The Morgan fingerprint density at radius 1 is 1.17 bits per heavy atom. The van der Waals surface area contributed by atoms with E-state index in [2.05, 4.69) is 0 Å². The zero-order valence-corrected chi connectivity index (χ0v) is 11.4. The Labute approximate surface area is 110 Å². The molecule has 4 heteroatoms. The normalized spacial score (nSPS) is 27.4. The van der Waals surface area contributed by atoms with E-state index >= 15 is 0 Å². The van der Waals surface area contributed by atoms with Crippen LogP contribution in [0, 0.1) is 5.41 Å². The van der Waals surface area contributed by atoms with Crippen molar-refractivity contribution in [3.8, 4) is 0 Å². The van der Waals surface area contributed by atoms with Gasteiger partial charge in [0.25, 0.3) is 0 Å². The van der Waals surface area contributed by atoms with Gasteiger partial charge in [0.05, 0.1) is 0 Å². The largest absolute Gasteiger partial charge is 0.338 e. The Morgan fingerprint density at radius 3 is 2.50 bits per heavy atom. The van der Waals surface area contributed by atoms with E-state index in [1.807, 2.05) is 4.90 Å². The fraction of sp³-hybridized carbons (Fsp3) is 0.929. The van der Waals surface area contributed by atoms with Gasteiger partial charge in [-0.2, -0.15) is 0 Å². The van der Waals surface area contributed by atoms with E-state index in [-0.39, 0.29) is 17.4 Å². The molecule has 18 heavy (non-hydrogen) atoms. The zero-order chi connectivity index (χ0) is 13.0. The average molecular weight is 253 g/mol. The van der Waals surface area contributed by atoms with Crippen molar-refractivity contribution in [2.75, 3.05) is 19.6 Å². The fourth-order valence-corrected chi connectivity index (χ4v) is 3.59. The molecule has 104 valence electrons. The van der Waals surface area contributed by atoms with Gasteiger partial charge in [-0.3, -0.25) is 4.79 Å². The van der Waals surface area contributed by atoms with Gasteiger partial charge in [0.1, 0.15) is 0 Å². The number of likely N-dealkylation sites (tertiary alicyclic amines) is 1. The van der Waals surface area contributed by atoms with Gasteiger partial charge in [0.15, 0.2) is 0 Å². The molecule has 2 fully saturated rings. The summed E-state index contributed by atoms with van der Waals surface area (Å²) in [6.07, 6.45) is 8.80. The smallest absolute Gasteiger partial charge is 0.223 e. The second-order valence-corrected chi connectivity index (χ2v) is 6.06. The first kappa shape index (κ1) is 13.8. The van der Waals surface area contributed by atoms with Gasteiger partial charge < -0.3 is 16.4 Å². The van der Waals surface area contributed by atoms with Crippen LogP contribution in [0.15, 0.2) is 0 Å². The van der Waals surface area contributed by atoms with Gasteiger partial charge in [-0.1, -0.05) is 19.3 Å². The minimum atomic E-state index is 0.0804. The highest BCUT2D eigenvalue weighted by atomic mass is 16.2. The van der Waals surface area contributed by atoms with Gasteiger partial charge in [-0.15, -0.1) is 0 Å². The molecule has 0 bridgehead atoms. The van der Waals surface area contributed by atoms with Gasteiger partial charge in [-0.25, -0.2) is 0 Å². The highest BCUT2D eigenvalue weighted by molar-refractivity contribution is 5.77. The number of amides is 1. The van der Waals surface area contributed by atoms with Gasteiger partial charge >= 0.3 is 0 Å². The van der Waals surface area contributed by atoms with Crippen molar-refractivity contribution in [3.63, 3.8) is 0 Å². The Hall–Kier alpha value is -0.610. The van der Waals surface area contributed by atoms with Crippen LogP contribution in [0.3, 0.4) is 0 Å². The van der Waals surface area contributed by atoms with E-state index in [1.54, 1.807) is 0 Å². The molecule has 1 unspecified atom stereocenters. The molecule has 2 aliphatic rings. The van der Waals surface area contributed by atoms with Crippen LogP contribution in [-0.4, -0.2) is 36.5 Å². The SMILES string of the molecule is NCC1CCCN1C(=O)CC1(CN)CCCCC1. The van der Waals surface area contributed by atoms with Crippen molar-refractivity contribution >= 4 is 5.91 Å². The second kappa shape index (κ2) is 6.02. The minimum absolute atomic E-state index is 0.0804. The first-order chi connectivity index (χ1) is 8.71. The number of carbonyl (C=O) groups is 1. The lowest BCUT2D eigenvalue weighted by atomic mass is 9.71. The number of hydrogen-bond donors (Lipinski definition) is 2. The quantitative estimate of drug-likeness (QED) is 0.791. The molecular formula is C14H27N3O. The maximum atomic E-state index is 12.5. The third-order valence-electron chi connectivity index (χ3n) is 4.84. The number of nitrogens with zero attached hydrogens (tertiary/aromatic N) is 1. The summed E-state index contributed by atoms with van der Waals surface area (Å²) in [6.45, 7) is 2.14. The molecular weight excluding hydrogens is 226 g/mol. The average Bonchev–Trinajstić information content (AvgIpc) is 2.88. The molecule has 1 saturated carbocycles. The summed E-state index contributed by atoms with van der Waals surface area (Å²) in [5, 5.41) is 0. The first-order valence-corrected chi connectivity index (χ1v) is 7.40. The number of nitrogens with two attached hydrogens (primary N) is 2. The summed E-state index contributed by atoms with van der Waals surface area (Å²) >= 11 is 0. The Balaban J connectivity index is 1.96. The lowest BCUT2D eigenvalue weighted by Crippen LogP contribution is -2.44. The summed E-state index contributed by atoms with van der Waals surface area (Å²) in [5.41, 5.74) is 11.8. The van der Waals surface area contributed by atoms with Crippen LogP contribution < -0.4 is 11.5 Å². The third kappa shape index (κ3) is 2.86. The molecule has 0 aromatic heterocycles. The molecule has 1 heterocycles. The lowest BCUT2D eigenvalue weighted by Gasteiger charge is -2.37. The molecule has 4 N–H and O–H groups in total.